The van der Waals surface area contributed by atoms with E-state index in [0.717, 1.165) is 0 Å². The van der Waals surface area contributed by atoms with E-state index >= 15 is 0 Å². The number of carboxylic acid groups (broad SMARTS) is 1. The summed E-state index contributed by atoms with van der Waals surface area (Å²) in [4.78, 5) is 62.6. The maximum Gasteiger partial charge on any atom is 0.326 e. The molecular formula is C28H37N5O7. The van der Waals surface area contributed by atoms with E-state index in [1.54, 1.807) is 56.3 Å². The normalized spacial score (nSPS) is 13.9. The third-order valence-electron chi connectivity index (χ3n) is 6.24. The number of carboxylic acids is 1. The van der Waals surface area contributed by atoms with Crippen LogP contribution in [0.4, 0.5) is 0 Å². The lowest BCUT2D eigenvalue weighted by molar-refractivity contribution is -0.142. The number of benzene rings is 2. The molecule has 4 amide bonds. The van der Waals surface area contributed by atoms with Crippen LogP contribution in [0.5, 0.6) is 5.75 Å². The van der Waals surface area contributed by atoms with E-state index in [9.17, 15) is 34.2 Å². The molecule has 0 saturated heterocycles. The second-order valence-electron chi connectivity index (χ2n) is 9.86. The lowest BCUT2D eigenvalue weighted by Gasteiger charge is -2.26. The Morgan fingerprint density at radius 1 is 0.750 bits per heavy atom. The number of rotatable bonds is 15. The van der Waals surface area contributed by atoms with Crippen molar-refractivity contribution in [2.75, 3.05) is 0 Å². The molecule has 0 bridgehead atoms. The van der Waals surface area contributed by atoms with Crippen LogP contribution >= 0.6 is 0 Å². The van der Waals surface area contributed by atoms with Crippen molar-refractivity contribution >= 4 is 29.6 Å². The topological polar surface area (TPSA) is 214 Å². The van der Waals surface area contributed by atoms with Gasteiger partial charge < -0.3 is 37.6 Å². The molecule has 0 saturated carbocycles. The van der Waals surface area contributed by atoms with Gasteiger partial charge in [-0.15, -0.1) is 0 Å². The number of amides is 4. The largest absolute Gasteiger partial charge is 0.508 e. The fourth-order valence-corrected chi connectivity index (χ4v) is 3.80. The van der Waals surface area contributed by atoms with Gasteiger partial charge in [0.25, 0.3) is 0 Å². The van der Waals surface area contributed by atoms with Gasteiger partial charge in [-0.1, -0.05) is 56.3 Å². The molecule has 0 radical (unpaired) electrons. The van der Waals surface area contributed by atoms with E-state index in [2.05, 4.69) is 16.0 Å². The Labute approximate surface area is 232 Å². The van der Waals surface area contributed by atoms with E-state index in [1.807, 2.05) is 0 Å². The fraction of sp³-hybridized carbons (Fsp3) is 0.393. The van der Waals surface area contributed by atoms with Gasteiger partial charge in [0.2, 0.25) is 23.6 Å². The molecule has 40 heavy (non-hydrogen) atoms. The Bertz CT molecular complexity index is 1170. The average molecular weight is 556 g/mol. The highest BCUT2D eigenvalue weighted by molar-refractivity contribution is 5.94. The van der Waals surface area contributed by atoms with Crippen LogP contribution in [0.15, 0.2) is 54.6 Å². The van der Waals surface area contributed by atoms with Crippen molar-refractivity contribution in [1.82, 2.24) is 16.0 Å². The van der Waals surface area contributed by atoms with Crippen molar-refractivity contribution in [1.29, 1.82) is 0 Å². The lowest BCUT2D eigenvalue weighted by Crippen LogP contribution is -2.58. The minimum atomic E-state index is -1.32. The molecule has 0 aromatic heterocycles. The molecule has 2 aromatic carbocycles. The average Bonchev–Trinajstić information content (AvgIpc) is 2.91. The minimum absolute atomic E-state index is 0.00140. The summed E-state index contributed by atoms with van der Waals surface area (Å²) in [5.41, 5.74) is 12.5. The first kappa shape index (κ1) is 31.8. The molecule has 2 rings (SSSR count). The summed E-state index contributed by atoms with van der Waals surface area (Å²) in [6.45, 7) is 3.50. The highest BCUT2D eigenvalue weighted by Gasteiger charge is 2.31. The number of aliphatic carboxylic acids is 1. The minimum Gasteiger partial charge on any atom is -0.508 e. The van der Waals surface area contributed by atoms with Gasteiger partial charge in [0, 0.05) is 19.3 Å². The second-order valence-corrected chi connectivity index (χ2v) is 9.86. The zero-order valence-corrected chi connectivity index (χ0v) is 22.5. The molecule has 0 unspecified atom stereocenters. The Morgan fingerprint density at radius 2 is 1.25 bits per heavy atom. The van der Waals surface area contributed by atoms with Crippen LogP contribution in [0.25, 0.3) is 0 Å². The number of phenolic OH excluding ortho intramolecular Hbond substituents is 1. The van der Waals surface area contributed by atoms with Gasteiger partial charge in [0.05, 0.1) is 6.04 Å². The molecule has 216 valence electrons. The van der Waals surface area contributed by atoms with Crippen LogP contribution in [-0.2, 0) is 36.8 Å². The summed E-state index contributed by atoms with van der Waals surface area (Å²) >= 11 is 0. The Morgan fingerprint density at radius 3 is 1.80 bits per heavy atom. The van der Waals surface area contributed by atoms with Gasteiger partial charge in [-0.05, 0) is 35.6 Å². The number of carbonyl (C=O) groups excluding carboxylic acids is 4. The van der Waals surface area contributed by atoms with Crippen LogP contribution in [-0.4, -0.2) is 64.0 Å². The van der Waals surface area contributed by atoms with Crippen molar-refractivity contribution in [3.8, 4) is 5.75 Å². The van der Waals surface area contributed by atoms with Crippen molar-refractivity contribution < 1.29 is 34.2 Å². The monoisotopic (exact) mass is 555 g/mol. The van der Waals surface area contributed by atoms with Gasteiger partial charge in [0.1, 0.15) is 23.9 Å². The highest BCUT2D eigenvalue weighted by Crippen LogP contribution is 2.13. The lowest BCUT2D eigenvalue weighted by atomic mass is 10.0. The first-order valence-corrected chi connectivity index (χ1v) is 12.9. The first-order chi connectivity index (χ1) is 18.9. The predicted octanol–water partition coefficient (Wildman–Crippen LogP) is -0.0348. The van der Waals surface area contributed by atoms with Crippen molar-refractivity contribution in [3.05, 3.63) is 65.7 Å². The molecule has 0 heterocycles. The van der Waals surface area contributed by atoms with Crippen molar-refractivity contribution in [3.63, 3.8) is 0 Å². The third kappa shape index (κ3) is 10.4. The SMILES string of the molecule is CC(C)[C@H](N)C(=O)N[C@@H](Cc1ccc(O)cc1)C(=O)N[C@@H](CCC(N)=O)C(=O)N[C@@H](Cc1ccccc1)C(=O)O. The number of phenols is 1. The summed E-state index contributed by atoms with van der Waals surface area (Å²) in [5, 5.41) is 26.8. The maximum absolute atomic E-state index is 13.4. The third-order valence-corrected chi connectivity index (χ3v) is 6.24. The van der Waals surface area contributed by atoms with Gasteiger partial charge >= 0.3 is 5.97 Å². The number of carbonyl (C=O) groups is 5. The summed E-state index contributed by atoms with van der Waals surface area (Å²) in [7, 11) is 0. The Balaban J connectivity index is 2.26. The molecule has 12 nitrogen and oxygen atoms in total. The van der Waals surface area contributed by atoms with Gasteiger partial charge in [-0.3, -0.25) is 19.2 Å². The molecule has 0 spiro atoms. The van der Waals surface area contributed by atoms with Crippen LogP contribution in [0.1, 0.15) is 37.8 Å². The molecule has 0 aliphatic carbocycles. The molecule has 0 fully saturated rings. The van der Waals surface area contributed by atoms with Gasteiger partial charge in [-0.25, -0.2) is 4.79 Å². The zero-order chi connectivity index (χ0) is 29.8. The van der Waals surface area contributed by atoms with Crippen LogP contribution in [0, 0.1) is 5.92 Å². The summed E-state index contributed by atoms with van der Waals surface area (Å²) in [6.07, 6.45) is -0.471. The molecule has 2 aromatic rings. The predicted molar refractivity (Wildman–Crippen MR) is 147 cm³/mol. The second kappa shape index (κ2) is 15.2. The van der Waals surface area contributed by atoms with Crippen LogP contribution in [0.3, 0.4) is 0 Å². The molecule has 4 atom stereocenters. The van der Waals surface area contributed by atoms with Crippen molar-refractivity contribution in [2.24, 2.45) is 17.4 Å². The maximum atomic E-state index is 13.4. The van der Waals surface area contributed by atoms with E-state index < -0.39 is 53.8 Å². The zero-order valence-electron chi connectivity index (χ0n) is 22.5. The molecular weight excluding hydrogens is 518 g/mol. The number of nitrogens with two attached hydrogens (primary N) is 2. The van der Waals surface area contributed by atoms with E-state index in [4.69, 9.17) is 11.5 Å². The number of hydrogen-bond donors (Lipinski definition) is 7. The number of primary amides is 1. The van der Waals surface area contributed by atoms with Crippen LogP contribution in [0.2, 0.25) is 0 Å². The first-order valence-electron chi connectivity index (χ1n) is 12.9. The molecule has 0 aliphatic heterocycles. The summed E-state index contributed by atoms with van der Waals surface area (Å²) in [6, 6.07) is 9.96. The van der Waals surface area contributed by atoms with Crippen molar-refractivity contribution in [2.45, 2.75) is 63.7 Å². The van der Waals surface area contributed by atoms with Gasteiger partial charge in [-0.2, -0.15) is 0 Å². The van der Waals surface area contributed by atoms with E-state index in [-0.39, 0.29) is 37.4 Å². The smallest absolute Gasteiger partial charge is 0.326 e. The number of hydrogen-bond acceptors (Lipinski definition) is 7. The molecule has 9 N–H and O–H groups in total. The Kier molecular flexibility index (Phi) is 12.1. The Hall–Kier alpha value is -4.45. The summed E-state index contributed by atoms with van der Waals surface area (Å²) in [5.74, 6) is -4.36. The van der Waals surface area contributed by atoms with Gasteiger partial charge in [0.15, 0.2) is 0 Å². The van der Waals surface area contributed by atoms with E-state index in [1.165, 1.54) is 12.1 Å². The number of nitrogens with one attached hydrogen (secondary N) is 3. The standard InChI is InChI=1S/C28H37N5O7/c1-16(2)24(30)27(38)32-21(14-18-8-10-19(34)11-9-18)26(37)31-20(12-13-23(29)35)25(36)33-22(28(39)40)15-17-6-4-3-5-7-17/h3-11,16,20-22,24,34H,12-15,30H2,1-2H3,(H2,29,35)(H,31,37)(H,32,38)(H,33,36)(H,39,40)/t20-,21-,22-,24-/m0/s1. The molecule has 12 heteroatoms. The highest BCUT2D eigenvalue weighted by atomic mass is 16.4. The number of aromatic hydroxyl groups is 1. The van der Waals surface area contributed by atoms with Crippen LogP contribution < -0.4 is 27.4 Å². The molecule has 0 aliphatic rings. The quantitative estimate of drug-likeness (QED) is 0.158. The van der Waals surface area contributed by atoms with E-state index in [0.29, 0.717) is 11.1 Å². The summed E-state index contributed by atoms with van der Waals surface area (Å²) < 4.78 is 0. The fourth-order valence-electron chi connectivity index (χ4n) is 3.80.